The summed E-state index contributed by atoms with van der Waals surface area (Å²) in [5.41, 5.74) is 5.18. The Morgan fingerprint density at radius 1 is 1.21 bits per heavy atom. The largest absolute Gasteiger partial charge is 0.494 e. The number of fused-ring (bicyclic) bond motifs is 1. The number of ether oxygens (including phenoxy) is 1. The van der Waals surface area contributed by atoms with Gasteiger partial charge in [-0.15, -0.1) is 12.4 Å². The normalized spacial score (nSPS) is 13.5. The van der Waals surface area contributed by atoms with Gasteiger partial charge >= 0.3 is 0 Å². The van der Waals surface area contributed by atoms with Gasteiger partial charge in [0.05, 0.1) is 6.61 Å². The second kappa shape index (κ2) is 6.13. The van der Waals surface area contributed by atoms with Gasteiger partial charge in [0, 0.05) is 30.9 Å². The lowest BCUT2D eigenvalue weighted by atomic mass is 10.1. The first-order valence-corrected chi connectivity index (χ1v) is 6.51. The molecular formula is C15H19ClN2O. The lowest BCUT2D eigenvalue weighted by Gasteiger charge is -2.11. The van der Waals surface area contributed by atoms with Crippen molar-refractivity contribution in [3.8, 4) is 17.0 Å². The molecule has 0 saturated heterocycles. The van der Waals surface area contributed by atoms with Gasteiger partial charge in [-0.25, -0.2) is 0 Å². The molecule has 0 saturated carbocycles. The maximum absolute atomic E-state index is 5.46. The predicted octanol–water partition coefficient (Wildman–Crippen LogP) is 3.15. The van der Waals surface area contributed by atoms with Crippen LogP contribution in [0.3, 0.4) is 0 Å². The first-order chi connectivity index (χ1) is 8.86. The minimum absolute atomic E-state index is 0. The maximum atomic E-state index is 5.46. The number of aromatic nitrogens is 1. The second-order valence-corrected chi connectivity index (χ2v) is 4.57. The molecule has 1 aromatic carbocycles. The van der Waals surface area contributed by atoms with E-state index in [2.05, 4.69) is 28.5 Å². The highest BCUT2D eigenvalue weighted by molar-refractivity contribution is 5.85. The molecule has 0 unspecified atom stereocenters. The van der Waals surface area contributed by atoms with E-state index >= 15 is 0 Å². The van der Waals surface area contributed by atoms with Crippen molar-refractivity contribution in [2.75, 3.05) is 13.2 Å². The van der Waals surface area contributed by atoms with Crippen molar-refractivity contribution in [2.45, 2.75) is 19.9 Å². The summed E-state index contributed by atoms with van der Waals surface area (Å²) in [6.45, 7) is 4.75. The minimum Gasteiger partial charge on any atom is -0.494 e. The summed E-state index contributed by atoms with van der Waals surface area (Å²) in [6, 6.07) is 10.5. The molecular weight excluding hydrogens is 260 g/mol. The highest BCUT2D eigenvalue weighted by Gasteiger charge is 2.12. The maximum Gasteiger partial charge on any atom is 0.119 e. The molecule has 0 bridgehead atoms. The zero-order chi connectivity index (χ0) is 12.4. The van der Waals surface area contributed by atoms with E-state index in [4.69, 9.17) is 4.74 Å². The average molecular weight is 279 g/mol. The van der Waals surface area contributed by atoms with Crippen LogP contribution in [0.2, 0.25) is 0 Å². The molecule has 4 heteroatoms. The predicted molar refractivity (Wildman–Crippen MR) is 80.1 cm³/mol. The van der Waals surface area contributed by atoms with Crippen LogP contribution in [-0.4, -0.2) is 18.1 Å². The molecule has 102 valence electrons. The second-order valence-electron chi connectivity index (χ2n) is 4.57. The lowest BCUT2D eigenvalue weighted by Crippen LogP contribution is -2.22. The summed E-state index contributed by atoms with van der Waals surface area (Å²) in [4.78, 5) is 3.52. The van der Waals surface area contributed by atoms with Crippen molar-refractivity contribution < 1.29 is 4.74 Å². The Morgan fingerprint density at radius 2 is 2.00 bits per heavy atom. The van der Waals surface area contributed by atoms with Gasteiger partial charge in [0.25, 0.3) is 0 Å². The van der Waals surface area contributed by atoms with Crippen LogP contribution in [0.4, 0.5) is 0 Å². The van der Waals surface area contributed by atoms with Gasteiger partial charge in [0.2, 0.25) is 0 Å². The SMILES string of the molecule is CCOc1ccc(-c2cc3c([nH]2)CCNC3)cc1.Cl. The van der Waals surface area contributed by atoms with E-state index in [9.17, 15) is 0 Å². The summed E-state index contributed by atoms with van der Waals surface area (Å²) in [5, 5.41) is 3.39. The molecule has 3 nitrogen and oxygen atoms in total. The molecule has 3 rings (SSSR count). The van der Waals surface area contributed by atoms with Crippen LogP contribution in [0.25, 0.3) is 11.3 Å². The molecule has 2 heterocycles. The van der Waals surface area contributed by atoms with Gasteiger partial charge in [-0.05, 0) is 48.4 Å². The zero-order valence-electron chi connectivity index (χ0n) is 11.0. The quantitative estimate of drug-likeness (QED) is 0.905. The third kappa shape index (κ3) is 2.94. The van der Waals surface area contributed by atoms with Crippen molar-refractivity contribution >= 4 is 12.4 Å². The summed E-state index contributed by atoms with van der Waals surface area (Å²) in [6.07, 6.45) is 1.09. The number of halogens is 1. The van der Waals surface area contributed by atoms with E-state index in [0.717, 1.165) is 25.3 Å². The Morgan fingerprint density at radius 3 is 2.68 bits per heavy atom. The summed E-state index contributed by atoms with van der Waals surface area (Å²) >= 11 is 0. The number of rotatable bonds is 3. The Hall–Kier alpha value is -1.45. The van der Waals surface area contributed by atoms with Gasteiger partial charge in [0.15, 0.2) is 0 Å². The van der Waals surface area contributed by atoms with Crippen molar-refractivity contribution in [3.63, 3.8) is 0 Å². The van der Waals surface area contributed by atoms with Crippen LogP contribution in [0.15, 0.2) is 30.3 Å². The van der Waals surface area contributed by atoms with Gasteiger partial charge in [-0.1, -0.05) is 0 Å². The van der Waals surface area contributed by atoms with Crippen LogP contribution >= 0.6 is 12.4 Å². The van der Waals surface area contributed by atoms with E-state index in [1.165, 1.54) is 22.5 Å². The molecule has 0 atom stereocenters. The number of benzene rings is 1. The molecule has 0 radical (unpaired) electrons. The van der Waals surface area contributed by atoms with Crippen LogP contribution in [0, 0.1) is 0 Å². The zero-order valence-corrected chi connectivity index (χ0v) is 11.8. The van der Waals surface area contributed by atoms with Gasteiger partial charge < -0.3 is 15.0 Å². The molecule has 1 aliphatic heterocycles. The fraction of sp³-hybridized carbons (Fsp3) is 0.333. The van der Waals surface area contributed by atoms with Crippen molar-refractivity contribution in [1.82, 2.24) is 10.3 Å². The lowest BCUT2D eigenvalue weighted by molar-refractivity contribution is 0.340. The first-order valence-electron chi connectivity index (χ1n) is 6.51. The van der Waals surface area contributed by atoms with E-state index in [-0.39, 0.29) is 12.4 Å². The number of H-pyrrole nitrogens is 1. The first kappa shape index (κ1) is 14.0. The topological polar surface area (TPSA) is 37.0 Å². The van der Waals surface area contributed by atoms with Crippen LogP contribution in [0.5, 0.6) is 5.75 Å². The third-order valence-electron chi connectivity index (χ3n) is 3.34. The van der Waals surface area contributed by atoms with Gasteiger partial charge in [0.1, 0.15) is 5.75 Å². The number of hydrogen-bond donors (Lipinski definition) is 2. The van der Waals surface area contributed by atoms with E-state index in [1.807, 2.05) is 19.1 Å². The van der Waals surface area contributed by atoms with E-state index in [1.54, 1.807) is 0 Å². The fourth-order valence-corrected chi connectivity index (χ4v) is 2.41. The van der Waals surface area contributed by atoms with Crippen LogP contribution in [0.1, 0.15) is 18.2 Å². The molecule has 1 aliphatic rings. The minimum atomic E-state index is 0. The molecule has 2 aromatic rings. The standard InChI is InChI=1S/C15H18N2O.ClH/c1-2-18-13-5-3-11(4-6-13)15-9-12-10-16-8-7-14(12)17-15;/h3-6,9,16-17H,2,7-8,10H2,1H3;1H. The number of aromatic amines is 1. The number of nitrogens with one attached hydrogen (secondary N) is 2. The molecule has 0 amide bonds. The third-order valence-corrected chi connectivity index (χ3v) is 3.34. The number of hydrogen-bond acceptors (Lipinski definition) is 2. The van der Waals surface area contributed by atoms with Gasteiger partial charge in [-0.2, -0.15) is 0 Å². The summed E-state index contributed by atoms with van der Waals surface area (Å²) in [5.74, 6) is 0.930. The van der Waals surface area contributed by atoms with Crippen molar-refractivity contribution in [3.05, 3.63) is 41.6 Å². The smallest absolute Gasteiger partial charge is 0.119 e. The molecule has 1 aromatic heterocycles. The van der Waals surface area contributed by atoms with Crippen molar-refractivity contribution in [2.24, 2.45) is 0 Å². The Balaban J connectivity index is 0.00000133. The highest BCUT2D eigenvalue weighted by Crippen LogP contribution is 2.25. The Kier molecular flexibility index (Phi) is 4.51. The molecule has 0 aliphatic carbocycles. The van der Waals surface area contributed by atoms with E-state index in [0.29, 0.717) is 6.61 Å². The van der Waals surface area contributed by atoms with Crippen LogP contribution in [-0.2, 0) is 13.0 Å². The Labute approximate surface area is 119 Å². The van der Waals surface area contributed by atoms with Crippen molar-refractivity contribution in [1.29, 1.82) is 0 Å². The van der Waals surface area contributed by atoms with Gasteiger partial charge in [-0.3, -0.25) is 0 Å². The highest BCUT2D eigenvalue weighted by atomic mass is 35.5. The van der Waals surface area contributed by atoms with E-state index < -0.39 is 0 Å². The monoisotopic (exact) mass is 278 g/mol. The molecule has 0 spiro atoms. The Bertz CT molecular complexity index is 510. The fourth-order valence-electron chi connectivity index (χ4n) is 2.41. The summed E-state index contributed by atoms with van der Waals surface area (Å²) in [7, 11) is 0. The average Bonchev–Trinajstić information content (AvgIpc) is 2.84. The molecule has 2 N–H and O–H groups in total. The molecule has 19 heavy (non-hydrogen) atoms. The molecule has 0 fully saturated rings. The van der Waals surface area contributed by atoms with Crippen LogP contribution < -0.4 is 10.1 Å². The summed E-state index contributed by atoms with van der Waals surface area (Å²) < 4.78 is 5.46.